The first-order valence-corrected chi connectivity index (χ1v) is 4.14. The summed E-state index contributed by atoms with van der Waals surface area (Å²) in [6.45, 7) is 1.49. The van der Waals surface area contributed by atoms with Crippen LogP contribution in [-0.4, -0.2) is 17.4 Å². The Labute approximate surface area is 85.5 Å². The number of pyridine rings is 1. The van der Waals surface area contributed by atoms with Crippen LogP contribution in [0, 0.1) is 23.7 Å². The minimum atomic E-state index is -0.918. The Morgan fingerprint density at radius 1 is 1.47 bits per heavy atom. The van der Waals surface area contributed by atoms with E-state index in [0.29, 0.717) is 0 Å². The summed E-state index contributed by atoms with van der Waals surface area (Å²) in [5, 5.41) is 2.43. The van der Waals surface area contributed by atoms with E-state index >= 15 is 0 Å². The zero-order chi connectivity index (χ0) is 11.3. The van der Waals surface area contributed by atoms with Crippen LogP contribution in [0.25, 0.3) is 0 Å². The summed E-state index contributed by atoms with van der Waals surface area (Å²) >= 11 is 0. The summed E-state index contributed by atoms with van der Waals surface area (Å²) < 4.78 is 25.2. The van der Waals surface area contributed by atoms with Crippen molar-refractivity contribution in [2.75, 3.05) is 6.54 Å². The molecule has 0 spiro atoms. The van der Waals surface area contributed by atoms with Gasteiger partial charge in [-0.2, -0.15) is 13.8 Å². The Balaban J connectivity index is 2.67. The molecule has 0 fully saturated rings. The monoisotopic (exact) mass is 210 g/mol. The van der Waals surface area contributed by atoms with Crippen molar-refractivity contribution < 1.29 is 13.6 Å². The zero-order valence-electron chi connectivity index (χ0n) is 7.97. The third-order valence-corrected chi connectivity index (χ3v) is 1.42. The van der Waals surface area contributed by atoms with Crippen LogP contribution in [0.1, 0.15) is 12.5 Å². The average Bonchev–Trinajstić information content (AvgIpc) is 2.10. The van der Waals surface area contributed by atoms with Crippen molar-refractivity contribution in [3.63, 3.8) is 0 Å². The SMILES string of the molecule is CC(=O)NCC#Cc1cc(F)nc(F)c1. The number of carbonyl (C=O) groups excluding carboxylic acids is 1. The van der Waals surface area contributed by atoms with Crippen LogP contribution in [0.2, 0.25) is 0 Å². The highest BCUT2D eigenvalue weighted by Gasteiger charge is 1.98. The van der Waals surface area contributed by atoms with Gasteiger partial charge < -0.3 is 5.32 Å². The first-order chi connectivity index (χ1) is 7.08. The van der Waals surface area contributed by atoms with Crippen LogP contribution in [-0.2, 0) is 4.79 Å². The van der Waals surface area contributed by atoms with Crippen molar-refractivity contribution in [2.45, 2.75) is 6.92 Å². The van der Waals surface area contributed by atoms with Crippen LogP contribution >= 0.6 is 0 Å². The van der Waals surface area contributed by atoms with Crippen molar-refractivity contribution in [1.82, 2.24) is 10.3 Å². The van der Waals surface area contributed by atoms with Gasteiger partial charge in [-0.25, -0.2) is 0 Å². The molecule has 3 nitrogen and oxygen atoms in total. The largest absolute Gasteiger partial charge is 0.345 e. The molecule has 1 aromatic heterocycles. The maximum atomic E-state index is 12.6. The molecule has 5 heteroatoms. The molecule has 78 valence electrons. The molecular weight excluding hydrogens is 202 g/mol. The molecule has 0 aliphatic carbocycles. The molecule has 0 saturated heterocycles. The highest BCUT2D eigenvalue weighted by atomic mass is 19.1. The summed E-state index contributed by atoms with van der Waals surface area (Å²) in [6, 6.07) is 2.04. The Morgan fingerprint density at radius 2 is 2.07 bits per heavy atom. The van der Waals surface area contributed by atoms with Crippen LogP contribution in [0.4, 0.5) is 8.78 Å². The number of hydrogen-bond acceptors (Lipinski definition) is 2. The lowest BCUT2D eigenvalue weighted by Crippen LogP contribution is -2.19. The fourth-order valence-electron chi connectivity index (χ4n) is 0.852. The van der Waals surface area contributed by atoms with E-state index in [2.05, 4.69) is 22.1 Å². The second-order valence-corrected chi connectivity index (χ2v) is 2.71. The number of carbonyl (C=O) groups is 1. The van der Waals surface area contributed by atoms with Crippen molar-refractivity contribution in [2.24, 2.45) is 0 Å². The molecule has 0 bridgehead atoms. The Kier molecular flexibility index (Phi) is 3.75. The molecule has 15 heavy (non-hydrogen) atoms. The van der Waals surface area contributed by atoms with Crippen LogP contribution in [0.5, 0.6) is 0 Å². The highest BCUT2D eigenvalue weighted by Crippen LogP contribution is 2.01. The van der Waals surface area contributed by atoms with Gasteiger partial charge >= 0.3 is 0 Å². The molecule has 1 aromatic rings. The molecule has 1 heterocycles. The van der Waals surface area contributed by atoms with Crippen LogP contribution in [0.15, 0.2) is 12.1 Å². The molecule has 0 aliphatic heterocycles. The Morgan fingerprint density at radius 3 is 2.60 bits per heavy atom. The number of hydrogen-bond donors (Lipinski definition) is 1. The predicted octanol–water partition coefficient (Wildman–Crippen LogP) is 0.847. The van der Waals surface area contributed by atoms with E-state index in [4.69, 9.17) is 0 Å². The van der Waals surface area contributed by atoms with Gasteiger partial charge in [-0.05, 0) is 0 Å². The number of aromatic nitrogens is 1. The van der Waals surface area contributed by atoms with E-state index < -0.39 is 11.9 Å². The maximum Gasteiger partial charge on any atom is 0.217 e. The van der Waals surface area contributed by atoms with Gasteiger partial charge in [0.1, 0.15) is 0 Å². The summed E-state index contributed by atoms with van der Waals surface area (Å²) in [6.07, 6.45) is 0. The first-order valence-electron chi connectivity index (χ1n) is 4.14. The number of nitrogens with zero attached hydrogens (tertiary/aromatic N) is 1. The average molecular weight is 210 g/mol. The van der Waals surface area contributed by atoms with Crippen LogP contribution < -0.4 is 5.32 Å². The molecule has 0 aliphatic rings. The normalized spacial score (nSPS) is 9.00. The first kappa shape index (κ1) is 11.1. The number of nitrogens with one attached hydrogen (secondary N) is 1. The second kappa shape index (κ2) is 5.05. The van der Waals surface area contributed by atoms with Gasteiger partial charge in [-0.3, -0.25) is 4.79 Å². The lowest BCUT2D eigenvalue weighted by atomic mass is 10.3. The molecule has 0 saturated carbocycles. The third-order valence-electron chi connectivity index (χ3n) is 1.42. The van der Waals surface area contributed by atoms with E-state index in [1.807, 2.05) is 0 Å². The van der Waals surface area contributed by atoms with Gasteiger partial charge in [0.25, 0.3) is 0 Å². The van der Waals surface area contributed by atoms with Crippen molar-refractivity contribution in [1.29, 1.82) is 0 Å². The highest BCUT2D eigenvalue weighted by molar-refractivity contribution is 5.73. The van der Waals surface area contributed by atoms with Gasteiger partial charge in [-0.1, -0.05) is 11.8 Å². The number of halogens is 2. The fraction of sp³-hybridized carbons (Fsp3) is 0.200. The topological polar surface area (TPSA) is 42.0 Å². The van der Waals surface area contributed by atoms with E-state index in [9.17, 15) is 13.6 Å². The molecule has 1 amide bonds. The molecular formula is C10H8F2N2O. The molecule has 0 atom stereocenters. The van der Waals surface area contributed by atoms with Gasteiger partial charge in [0.2, 0.25) is 17.8 Å². The Hall–Kier alpha value is -1.96. The van der Waals surface area contributed by atoms with Gasteiger partial charge in [0.05, 0.1) is 6.54 Å². The van der Waals surface area contributed by atoms with E-state index in [-0.39, 0.29) is 18.0 Å². The van der Waals surface area contributed by atoms with Crippen LogP contribution in [0.3, 0.4) is 0 Å². The van der Waals surface area contributed by atoms with Crippen molar-refractivity contribution in [3.8, 4) is 11.8 Å². The summed E-state index contributed by atoms with van der Waals surface area (Å²) in [5.41, 5.74) is 0.186. The number of rotatable bonds is 1. The van der Waals surface area contributed by atoms with E-state index in [0.717, 1.165) is 12.1 Å². The van der Waals surface area contributed by atoms with Gasteiger partial charge in [0, 0.05) is 24.6 Å². The van der Waals surface area contributed by atoms with Gasteiger partial charge in [0.15, 0.2) is 0 Å². The lowest BCUT2D eigenvalue weighted by Gasteiger charge is -1.93. The summed E-state index contributed by atoms with van der Waals surface area (Å²) in [5.74, 6) is 2.99. The maximum absolute atomic E-state index is 12.6. The summed E-state index contributed by atoms with van der Waals surface area (Å²) in [7, 11) is 0. The van der Waals surface area contributed by atoms with E-state index in [1.54, 1.807) is 0 Å². The minimum absolute atomic E-state index is 0.140. The van der Waals surface area contributed by atoms with Crippen molar-refractivity contribution in [3.05, 3.63) is 29.6 Å². The number of amides is 1. The lowest BCUT2D eigenvalue weighted by molar-refractivity contribution is -0.118. The third kappa shape index (κ3) is 4.18. The molecule has 1 rings (SSSR count). The minimum Gasteiger partial charge on any atom is -0.345 e. The fourth-order valence-corrected chi connectivity index (χ4v) is 0.852. The molecule has 1 N–H and O–H groups in total. The standard InChI is InChI=1S/C10H8F2N2O/c1-7(15)13-4-2-3-8-5-9(11)14-10(12)6-8/h5-6H,4H2,1H3,(H,13,15). The smallest absolute Gasteiger partial charge is 0.217 e. The predicted molar refractivity (Wildman–Crippen MR) is 49.7 cm³/mol. The molecule has 0 unspecified atom stereocenters. The van der Waals surface area contributed by atoms with Gasteiger partial charge in [-0.15, -0.1) is 0 Å². The second-order valence-electron chi connectivity index (χ2n) is 2.71. The quantitative estimate of drug-likeness (QED) is 0.551. The summed E-state index contributed by atoms with van der Waals surface area (Å²) in [4.78, 5) is 13.4. The Bertz CT molecular complexity index is 415. The van der Waals surface area contributed by atoms with Crippen molar-refractivity contribution >= 4 is 5.91 Å². The van der Waals surface area contributed by atoms with E-state index in [1.165, 1.54) is 6.92 Å². The molecule has 0 radical (unpaired) electrons. The molecule has 0 aromatic carbocycles. The zero-order valence-corrected chi connectivity index (χ0v) is 7.97.